The highest BCUT2D eigenvalue weighted by molar-refractivity contribution is 5.58. The van der Waals surface area contributed by atoms with Gasteiger partial charge in [-0.1, -0.05) is 18.2 Å². The number of hydrogen-bond donors (Lipinski definition) is 1. The van der Waals surface area contributed by atoms with Gasteiger partial charge in [0.25, 0.3) is 0 Å². The molecule has 3 nitrogen and oxygen atoms in total. The number of hydrogen-bond acceptors (Lipinski definition) is 3. The lowest BCUT2D eigenvalue weighted by atomic mass is 10.3. The molecule has 1 aromatic carbocycles. The summed E-state index contributed by atoms with van der Waals surface area (Å²) in [7, 11) is 1.60. The van der Waals surface area contributed by atoms with Crippen molar-refractivity contribution in [1.29, 1.82) is 0 Å². The first-order valence-corrected chi connectivity index (χ1v) is 4.70. The molecular formula is C12H12N2O. The lowest BCUT2D eigenvalue weighted by Gasteiger charge is -2.05. The Kier molecular flexibility index (Phi) is 2.83. The Labute approximate surface area is 88.7 Å². The van der Waals surface area contributed by atoms with E-state index < -0.39 is 0 Å². The van der Waals surface area contributed by atoms with E-state index >= 15 is 0 Å². The van der Waals surface area contributed by atoms with Crippen molar-refractivity contribution in [2.45, 2.75) is 0 Å². The molecule has 0 bridgehead atoms. The maximum Gasteiger partial charge on any atom is 0.213 e. The smallest absolute Gasteiger partial charge is 0.213 e. The Morgan fingerprint density at radius 2 is 1.80 bits per heavy atom. The molecule has 0 atom stereocenters. The van der Waals surface area contributed by atoms with E-state index in [1.54, 1.807) is 13.3 Å². The standard InChI is InChI=1S/C12H12N2O/c1-15-12-8-7-11(9-13-12)14-10-5-3-2-4-6-10/h2-9,14H,1H3. The minimum atomic E-state index is 0.619. The first-order chi connectivity index (χ1) is 7.38. The zero-order chi connectivity index (χ0) is 10.5. The van der Waals surface area contributed by atoms with Crippen LogP contribution < -0.4 is 10.1 Å². The van der Waals surface area contributed by atoms with Gasteiger partial charge in [-0.2, -0.15) is 0 Å². The van der Waals surface area contributed by atoms with Crippen LogP contribution in [0.1, 0.15) is 0 Å². The molecule has 0 amide bonds. The van der Waals surface area contributed by atoms with Gasteiger partial charge in [-0.05, 0) is 18.2 Å². The summed E-state index contributed by atoms with van der Waals surface area (Å²) < 4.78 is 4.98. The van der Waals surface area contributed by atoms with E-state index in [1.807, 2.05) is 42.5 Å². The Morgan fingerprint density at radius 3 is 2.40 bits per heavy atom. The van der Waals surface area contributed by atoms with Crippen LogP contribution in [-0.2, 0) is 0 Å². The first kappa shape index (κ1) is 9.52. The summed E-state index contributed by atoms with van der Waals surface area (Å²) in [5.41, 5.74) is 1.99. The predicted molar refractivity (Wildman–Crippen MR) is 60.5 cm³/mol. The quantitative estimate of drug-likeness (QED) is 0.827. The molecule has 0 saturated heterocycles. The van der Waals surface area contributed by atoms with Gasteiger partial charge in [-0.15, -0.1) is 0 Å². The van der Waals surface area contributed by atoms with Crippen LogP contribution >= 0.6 is 0 Å². The Morgan fingerprint density at radius 1 is 1.00 bits per heavy atom. The monoisotopic (exact) mass is 200 g/mol. The average Bonchev–Trinajstić information content (AvgIpc) is 2.31. The predicted octanol–water partition coefficient (Wildman–Crippen LogP) is 2.83. The number of para-hydroxylation sites is 1. The second-order valence-electron chi connectivity index (χ2n) is 3.08. The Balaban J connectivity index is 2.11. The van der Waals surface area contributed by atoms with E-state index in [1.165, 1.54) is 0 Å². The van der Waals surface area contributed by atoms with Crippen molar-refractivity contribution in [3.8, 4) is 5.88 Å². The summed E-state index contributed by atoms with van der Waals surface area (Å²) in [5.74, 6) is 0.619. The lowest BCUT2D eigenvalue weighted by Crippen LogP contribution is -1.92. The van der Waals surface area contributed by atoms with Crippen molar-refractivity contribution >= 4 is 11.4 Å². The molecule has 0 unspecified atom stereocenters. The molecule has 2 aromatic rings. The third-order valence-electron chi connectivity index (χ3n) is 2.01. The average molecular weight is 200 g/mol. The van der Waals surface area contributed by atoms with Gasteiger partial charge in [0.05, 0.1) is 19.0 Å². The number of nitrogens with zero attached hydrogens (tertiary/aromatic N) is 1. The topological polar surface area (TPSA) is 34.1 Å². The molecule has 0 saturated carbocycles. The number of nitrogens with one attached hydrogen (secondary N) is 1. The number of rotatable bonds is 3. The SMILES string of the molecule is COc1ccc(Nc2ccccc2)cn1. The van der Waals surface area contributed by atoms with E-state index in [9.17, 15) is 0 Å². The Bertz CT molecular complexity index is 411. The fourth-order valence-corrected chi connectivity index (χ4v) is 1.26. The van der Waals surface area contributed by atoms with Crippen molar-refractivity contribution in [3.63, 3.8) is 0 Å². The van der Waals surface area contributed by atoms with Gasteiger partial charge in [0.15, 0.2) is 0 Å². The van der Waals surface area contributed by atoms with Gasteiger partial charge >= 0.3 is 0 Å². The molecule has 1 heterocycles. The van der Waals surface area contributed by atoms with Crippen LogP contribution in [0.25, 0.3) is 0 Å². The summed E-state index contributed by atoms with van der Waals surface area (Å²) in [6.07, 6.45) is 1.74. The normalized spacial score (nSPS) is 9.67. The lowest BCUT2D eigenvalue weighted by molar-refractivity contribution is 0.398. The zero-order valence-electron chi connectivity index (χ0n) is 8.47. The van der Waals surface area contributed by atoms with E-state index in [0.29, 0.717) is 5.88 Å². The first-order valence-electron chi connectivity index (χ1n) is 4.70. The van der Waals surface area contributed by atoms with Gasteiger partial charge in [0, 0.05) is 11.8 Å². The van der Waals surface area contributed by atoms with E-state index in [-0.39, 0.29) is 0 Å². The zero-order valence-corrected chi connectivity index (χ0v) is 8.47. The molecule has 1 N–H and O–H groups in total. The van der Waals surface area contributed by atoms with Crippen molar-refractivity contribution in [3.05, 3.63) is 48.7 Å². The molecule has 2 rings (SSSR count). The summed E-state index contributed by atoms with van der Waals surface area (Å²) in [4.78, 5) is 4.11. The molecule has 0 aliphatic carbocycles. The van der Waals surface area contributed by atoms with Gasteiger partial charge in [0.1, 0.15) is 0 Å². The van der Waals surface area contributed by atoms with Crippen molar-refractivity contribution in [1.82, 2.24) is 4.98 Å². The maximum absolute atomic E-state index is 4.98. The fraction of sp³-hybridized carbons (Fsp3) is 0.0833. The van der Waals surface area contributed by atoms with Gasteiger partial charge in [0.2, 0.25) is 5.88 Å². The minimum Gasteiger partial charge on any atom is -0.481 e. The van der Waals surface area contributed by atoms with Crippen LogP contribution in [0.15, 0.2) is 48.7 Å². The molecule has 3 heteroatoms. The van der Waals surface area contributed by atoms with Gasteiger partial charge < -0.3 is 10.1 Å². The number of pyridine rings is 1. The summed E-state index contributed by atoms with van der Waals surface area (Å²) in [6.45, 7) is 0. The van der Waals surface area contributed by atoms with Crippen LogP contribution in [0.2, 0.25) is 0 Å². The van der Waals surface area contributed by atoms with Crippen LogP contribution in [0, 0.1) is 0 Å². The van der Waals surface area contributed by atoms with E-state index in [2.05, 4.69) is 10.3 Å². The van der Waals surface area contributed by atoms with Gasteiger partial charge in [-0.3, -0.25) is 0 Å². The summed E-state index contributed by atoms with van der Waals surface area (Å²) >= 11 is 0. The number of aromatic nitrogens is 1. The molecule has 0 radical (unpaired) electrons. The van der Waals surface area contributed by atoms with Gasteiger partial charge in [-0.25, -0.2) is 4.98 Å². The van der Waals surface area contributed by atoms with Crippen LogP contribution in [0.5, 0.6) is 5.88 Å². The van der Waals surface area contributed by atoms with Crippen LogP contribution in [0.3, 0.4) is 0 Å². The maximum atomic E-state index is 4.98. The highest BCUT2D eigenvalue weighted by Gasteiger charge is 1.95. The largest absolute Gasteiger partial charge is 0.481 e. The van der Waals surface area contributed by atoms with Crippen molar-refractivity contribution in [2.75, 3.05) is 12.4 Å². The third kappa shape index (κ3) is 2.47. The molecule has 1 aromatic heterocycles. The molecular weight excluding hydrogens is 188 g/mol. The van der Waals surface area contributed by atoms with Crippen LogP contribution in [0.4, 0.5) is 11.4 Å². The molecule has 0 fully saturated rings. The minimum absolute atomic E-state index is 0.619. The number of ether oxygens (including phenoxy) is 1. The second-order valence-corrected chi connectivity index (χ2v) is 3.08. The Hall–Kier alpha value is -2.03. The van der Waals surface area contributed by atoms with E-state index in [0.717, 1.165) is 11.4 Å². The molecule has 0 aliphatic rings. The summed E-state index contributed by atoms with van der Waals surface area (Å²) in [6, 6.07) is 13.7. The highest BCUT2D eigenvalue weighted by Crippen LogP contribution is 2.16. The molecule has 0 aliphatic heterocycles. The molecule has 15 heavy (non-hydrogen) atoms. The van der Waals surface area contributed by atoms with E-state index in [4.69, 9.17) is 4.74 Å². The number of methoxy groups -OCH3 is 1. The fourth-order valence-electron chi connectivity index (χ4n) is 1.26. The number of anilines is 2. The van der Waals surface area contributed by atoms with Crippen LogP contribution in [-0.4, -0.2) is 12.1 Å². The second kappa shape index (κ2) is 4.46. The molecule has 0 spiro atoms. The summed E-state index contributed by atoms with van der Waals surface area (Å²) in [5, 5.41) is 3.24. The third-order valence-corrected chi connectivity index (χ3v) is 2.01. The highest BCUT2D eigenvalue weighted by atomic mass is 16.5. The van der Waals surface area contributed by atoms with Crippen molar-refractivity contribution in [2.24, 2.45) is 0 Å². The molecule has 76 valence electrons. The van der Waals surface area contributed by atoms with Crippen molar-refractivity contribution < 1.29 is 4.74 Å². The number of benzene rings is 1.